The minimum atomic E-state index is -0.0434. The number of hydrogen-bond acceptors (Lipinski definition) is 1. The molecule has 2 nitrogen and oxygen atoms in total. The summed E-state index contributed by atoms with van der Waals surface area (Å²) in [5.74, 6) is 1.07. The zero-order chi connectivity index (χ0) is 15.8. The molecule has 0 saturated carbocycles. The van der Waals surface area contributed by atoms with Crippen LogP contribution in [0.5, 0.6) is 0 Å². The number of hydrogen-bond donors (Lipinski definition) is 0. The highest BCUT2D eigenvalue weighted by Crippen LogP contribution is 2.46. The van der Waals surface area contributed by atoms with Crippen molar-refractivity contribution >= 4 is 35.1 Å². The Hall–Kier alpha value is -2.55. The second kappa shape index (κ2) is 4.05. The molecule has 3 heterocycles. The number of para-hydroxylation sites is 2. The molecule has 0 amide bonds. The molecular formula is C20H17BN2. The summed E-state index contributed by atoms with van der Waals surface area (Å²) in [6.07, 6.45) is 1.98. The van der Waals surface area contributed by atoms with Crippen molar-refractivity contribution in [1.29, 1.82) is 0 Å². The summed E-state index contributed by atoms with van der Waals surface area (Å²) >= 11 is 0. The van der Waals surface area contributed by atoms with Crippen LogP contribution in [-0.2, 0) is 5.41 Å². The molecule has 1 aliphatic rings. The topological polar surface area (TPSA) is 17.8 Å². The van der Waals surface area contributed by atoms with Crippen molar-refractivity contribution in [3.63, 3.8) is 0 Å². The first-order valence-electron chi connectivity index (χ1n) is 8.09. The van der Waals surface area contributed by atoms with Crippen LogP contribution in [0, 0.1) is 0 Å². The normalized spacial score (nSPS) is 15.0. The van der Waals surface area contributed by atoms with E-state index in [4.69, 9.17) is 4.98 Å². The van der Waals surface area contributed by atoms with Gasteiger partial charge in [0.2, 0.25) is 0 Å². The van der Waals surface area contributed by atoms with Crippen molar-refractivity contribution in [1.82, 2.24) is 9.55 Å². The van der Waals surface area contributed by atoms with Gasteiger partial charge in [0.1, 0.15) is 13.7 Å². The van der Waals surface area contributed by atoms with E-state index < -0.39 is 0 Å². The lowest BCUT2D eigenvalue weighted by atomic mass is 9.74. The van der Waals surface area contributed by atoms with Crippen LogP contribution in [0.25, 0.3) is 27.6 Å². The predicted molar refractivity (Wildman–Crippen MR) is 98.9 cm³/mol. The highest BCUT2D eigenvalue weighted by Gasteiger charge is 2.35. The SMILES string of the molecule is Bc1cnc2c(c1)C(C)(C)c1cccc3c4ccccc4n-2c13. The van der Waals surface area contributed by atoms with Gasteiger partial charge in [0.25, 0.3) is 0 Å². The van der Waals surface area contributed by atoms with Crippen LogP contribution in [0.1, 0.15) is 25.0 Å². The monoisotopic (exact) mass is 296 g/mol. The zero-order valence-corrected chi connectivity index (χ0v) is 13.6. The van der Waals surface area contributed by atoms with Gasteiger partial charge in [0, 0.05) is 27.9 Å². The third-order valence-corrected chi connectivity index (χ3v) is 5.26. The van der Waals surface area contributed by atoms with Crippen LogP contribution in [0.3, 0.4) is 0 Å². The number of benzene rings is 2. The second-order valence-electron chi connectivity index (χ2n) is 7.06. The van der Waals surface area contributed by atoms with Crippen LogP contribution in [0.15, 0.2) is 54.7 Å². The maximum atomic E-state index is 4.82. The Kier molecular flexibility index (Phi) is 2.28. The van der Waals surface area contributed by atoms with Gasteiger partial charge >= 0.3 is 0 Å². The lowest BCUT2D eigenvalue weighted by Gasteiger charge is -2.34. The number of fused-ring (bicyclic) bond motifs is 5. The Bertz CT molecular complexity index is 1110. The molecule has 0 spiro atoms. The molecule has 0 aliphatic carbocycles. The lowest BCUT2D eigenvalue weighted by Crippen LogP contribution is -2.29. The van der Waals surface area contributed by atoms with Gasteiger partial charge in [-0.25, -0.2) is 4.98 Å². The summed E-state index contributed by atoms with van der Waals surface area (Å²) in [6.45, 7) is 4.62. The molecule has 2 aromatic carbocycles. The number of nitrogens with zero attached hydrogens (tertiary/aromatic N) is 2. The van der Waals surface area contributed by atoms with E-state index in [1.165, 1.54) is 38.4 Å². The van der Waals surface area contributed by atoms with E-state index in [-0.39, 0.29) is 5.41 Å². The van der Waals surface area contributed by atoms with Gasteiger partial charge in [-0.3, -0.25) is 4.57 Å². The molecule has 4 aromatic rings. The van der Waals surface area contributed by atoms with E-state index in [9.17, 15) is 0 Å². The van der Waals surface area contributed by atoms with E-state index in [1.807, 2.05) is 6.20 Å². The maximum absolute atomic E-state index is 4.82. The third kappa shape index (κ3) is 1.47. The molecule has 0 fully saturated rings. The molecule has 23 heavy (non-hydrogen) atoms. The Labute approximate surface area is 136 Å². The molecule has 1 aliphatic heterocycles. The fraction of sp³-hybridized carbons (Fsp3) is 0.150. The minimum Gasteiger partial charge on any atom is -0.293 e. The number of rotatable bonds is 0. The van der Waals surface area contributed by atoms with Gasteiger partial charge in [0.05, 0.1) is 11.0 Å². The first-order chi connectivity index (χ1) is 11.1. The molecule has 0 saturated heterocycles. The van der Waals surface area contributed by atoms with Crippen molar-refractivity contribution in [3.05, 3.63) is 65.9 Å². The average molecular weight is 296 g/mol. The summed E-state index contributed by atoms with van der Waals surface area (Å²) in [4.78, 5) is 4.82. The second-order valence-corrected chi connectivity index (χ2v) is 7.06. The fourth-order valence-electron chi connectivity index (χ4n) is 4.09. The third-order valence-electron chi connectivity index (χ3n) is 5.26. The van der Waals surface area contributed by atoms with Crippen molar-refractivity contribution < 1.29 is 0 Å². The summed E-state index contributed by atoms with van der Waals surface area (Å²) in [7, 11) is 2.12. The highest BCUT2D eigenvalue weighted by molar-refractivity contribution is 6.32. The Morgan fingerprint density at radius 2 is 1.74 bits per heavy atom. The largest absolute Gasteiger partial charge is 0.293 e. The van der Waals surface area contributed by atoms with Crippen molar-refractivity contribution in [2.75, 3.05) is 0 Å². The quantitative estimate of drug-likeness (QED) is 0.456. The van der Waals surface area contributed by atoms with Crippen LogP contribution in [0.4, 0.5) is 0 Å². The molecular weight excluding hydrogens is 279 g/mol. The van der Waals surface area contributed by atoms with Gasteiger partial charge in [0.15, 0.2) is 0 Å². The average Bonchev–Trinajstić information content (AvgIpc) is 2.89. The predicted octanol–water partition coefficient (Wildman–Crippen LogP) is 3.08. The van der Waals surface area contributed by atoms with E-state index in [0.29, 0.717) is 0 Å². The van der Waals surface area contributed by atoms with Crippen LogP contribution < -0.4 is 5.46 Å². The van der Waals surface area contributed by atoms with E-state index in [2.05, 4.69) is 74.8 Å². The van der Waals surface area contributed by atoms with Gasteiger partial charge in [-0.1, -0.05) is 61.8 Å². The van der Waals surface area contributed by atoms with Gasteiger partial charge in [-0.2, -0.15) is 0 Å². The van der Waals surface area contributed by atoms with Crippen LogP contribution >= 0.6 is 0 Å². The molecule has 0 radical (unpaired) electrons. The minimum absolute atomic E-state index is 0.0434. The molecule has 110 valence electrons. The Morgan fingerprint density at radius 3 is 2.61 bits per heavy atom. The summed E-state index contributed by atoms with van der Waals surface area (Å²) in [5, 5.41) is 2.62. The summed E-state index contributed by atoms with van der Waals surface area (Å²) < 4.78 is 2.35. The van der Waals surface area contributed by atoms with Gasteiger partial charge in [-0.15, -0.1) is 0 Å². The first-order valence-corrected chi connectivity index (χ1v) is 8.09. The fourth-order valence-corrected chi connectivity index (χ4v) is 4.09. The standard InChI is InChI=1S/C20H17BN2/c1-20(2)15-8-5-7-14-13-6-3-4-9-17(13)23(18(14)15)19-16(20)10-12(21)11-22-19/h3-11H,21H2,1-2H3. The maximum Gasteiger partial charge on any atom is 0.141 e. The molecule has 2 aromatic heterocycles. The van der Waals surface area contributed by atoms with Crippen molar-refractivity contribution in [2.45, 2.75) is 19.3 Å². The molecule has 0 unspecified atom stereocenters. The smallest absolute Gasteiger partial charge is 0.141 e. The molecule has 0 bridgehead atoms. The van der Waals surface area contributed by atoms with Crippen molar-refractivity contribution in [2.24, 2.45) is 0 Å². The van der Waals surface area contributed by atoms with Gasteiger partial charge < -0.3 is 0 Å². The van der Waals surface area contributed by atoms with E-state index >= 15 is 0 Å². The lowest BCUT2D eigenvalue weighted by molar-refractivity contribution is 0.625. The van der Waals surface area contributed by atoms with Crippen LogP contribution in [0.2, 0.25) is 0 Å². The van der Waals surface area contributed by atoms with E-state index in [1.54, 1.807) is 0 Å². The molecule has 5 rings (SSSR count). The van der Waals surface area contributed by atoms with Crippen molar-refractivity contribution in [3.8, 4) is 5.82 Å². The summed E-state index contributed by atoms with van der Waals surface area (Å²) in [6, 6.07) is 17.6. The Morgan fingerprint density at radius 1 is 0.957 bits per heavy atom. The molecule has 0 N–H and O–H groups in total. The summed E-state index contributed by atoms with van der Waals surface area (Å²) in [5.41, 5.74) is 6.40. The zero-order valence-electron chi connectivity index (χ0n) is 13.6. The highest BCUT2D eigenvalue weighted by atomic mass is 15.1. The molecule has 0 atom stereocenters. The molecule has 3 heteroatoms. The van der Waals surface area contributed by atoms with Gasteiger partial charge in [-0.05, 0) is 11.6 Å². The van der Waals surface area contributed by atoms with E-state index in [0.717, 1.165) is 5.82 Å². The van der Waals surface area contributed by atoms with Crippen LogP contribution in [-0.4, -0.2) is 17.4 Å². The Balaban J connectivity index is 2.12. The first kappa shape index (κ1) is 12.9. The number of pyridine rings is 1. The number of aromatic nitrogens is 2.